The maximum Gasteiger partial charge on any atom is 0.217 e. The summed E-state index contributed by atoms with van der Waals surface area (Å²) in [7, 11) is 0. The Labute approximate surface area is 102 Å². The van der Waals surface area contributed by atoms with Gasteiger partial charge in [0.1, 0.15) is 0 Å². The molecule has 1 atom stereocenters. The summed E-state index contributed by atoms with van der Waals surface area (Å²) in [4.78, 5) is 10.6. The van der Waals surface area contributed by atoms with Gasteiger partial charge in [-0.3, -0.25) is 4.79 Å². The Kier molecular flexibility index (Phi) is 3.84. The topological polar surface area (TPSA) is 74.0 Å². The molecule has 0 aliphatic heterocycles. The van der Waals surface area contributed by atoms with Crippen molar-refractivity contribution in [3.63, 3.8) is 0 Å². The number of aryl methyl sites for hydroxylation is 1. The average molecular weight is 235 g/mol. The van der Waals surface area contributed by atoms with Gasteiger partial charge in [0.15, 0.2) is 0 Å². The lowest BCUT2D eigenvalue weighted by Crippen LogP contribution is -2.11. The molecule has 1 aromatic heterocycles. The van der Waals surface area contributed by atoms with Crippen LogP contribution in [0.25, 0.3) is 0 Å². The van der Waals surface area contributed by atoms with Crippen LogP contribution >= 0.6 is 0 Å². The zero-order valence-corrected chi connectivity index (χ0v) is 10.1. The molecule has 4 heteroatoms. The highest BCUT2D eigenvalue weighted by atomic mass is 16.1. The Morgan fingerprint density at radius 1 is 1.47 bits per heavy atom. The molecular formula is C13H21N3O. The first-order valence-electron chi connectivity index (χ1n) is 6.36. The van der Waals surface area contributed by atoms with E-state index in [1.165, 1.54) is 18.4 Å². The molecule has 0 saturated heterocycles. The first-order chi connectivity index (χ1) is 8.16. The molecule has 94 valence electrons. The van der Waals surface area contributed by atoms with Crippen LogP contribution in [0.5, 0.6) is 0 Å². The van der Waals surface area contributed by atoms with E-state index in [4.69, 9.17) is 11.5 Å². The van der Waals surface area contributed by atoms with Crippen LogP contribution in [0.4, 0.5) is 0 Å². The van der Waals surface area contributed by atoms with Gasteiger partial charge in [0.2, 0.25) is 5.91 Å². The Morgan fingerprint density at radius 3 is 2.88 bits per heavy atom. The minimum absolute atomic E-state index is 0.210. The van der Waals surface area contributed by atoms with Crippen LogP contribution < -0.4 is 11.5 Å². The Morgan fingerprint density at radius 2 is 2.24 bits per heavy atom. The van der Waals surface area contributed by atoms with E-state index in [0.29, 0.717) is 12.3 Å². The van der Waals surface area contributed by atoms with E-state index in [2.05, 4.69) is 23.0 Å². The number of primary amides is 1. The summed E-state index contributed by atoms with van der Waals surface area (Å²) in [5.74, 6) is 0.481. The maximum atomic E-state index is 10.6. The third kappa shape index (κ3) is 3.60. The SMILES string of the molecule is NC(=O)CCCCn1ccc(C(N)C2CC2)c1. The average Bonchev–Trinajstić information content (AvgIpc) is 3.03. The second-order valence-corrected chi connectivity index (χ2v) is 4.97. The van der Waals surface area contributed by atoms with Crippen LogP contribution in [-0.2, 0) is 11.3 Å². The fourth-order valence-corrected chi connectivity index (χ4v) is 2.12. The van der Waals surface area contributed by atoms with Gasteiger partial charge in [-0.25, -0.2) is 0 Å². The summed E-state index contributed by atoms with van der Waals surface area (Å²) >= 11 is 0. The second-order valence-electron chi connectivity index (χ2n) is 4.97. The predicted octanol–water partition coefficient (Wildman–Crippen LogP) is 1.55. The molecule has 1 aliphatic carbocycles. The van der Waals surface area contributed by atoms with Gasteiger partial charge in [0, 0.05) is 31.4 Å². The maximum absolute atomic E-state index is 10.6. The third-order valence-corrected chi connectivity index (χ3v) is 3.38. The lowest BCUT2D eigenvalue weighted by Gasteiger charge is -2.07. The molecule has 1 heterocycles. The van der Waals surface area contributed by atoms with Crippen molar-refractivity contribution < 1.29 is 4.79 Å². The summed E-state index contributed by atoms with van der Waals surface area (Å²) in [6.45, 7) is 0.935. The first-order valence-corrected chi connectivity index (χ1v) is 6.36. The van der Waals surface area contributed by atoms with E-state index < -0.39 is 0 Å². The monoisotopic (exact) mass is 235 g/mol. The molecule has 4 N–H and O–H groups in total. The van der Waals surface area contributed by atoms with E-state index >= 15 is 0 Å². The van der Waals surface area contributed by atoms with Crippen LogP contribution in [0.1, 0.15) is 43.7 Å². The normalized spacial score (nSPS) is 17.0. The van der Waals surface area contributed by atoms with Gasteiger partial charge in [-0.1, -0.05) is 0 Å². The quantitative estimate of drug-likeness (QED) is 0.704. The molecule has 1 aromatic rings. The molecule has 1 unspecified atom stereocenters. The zero-order valence-electron chi connectivity index (χ0n) is 10.1. The molecule has 1 amide bonds. The highest BCUT2D eigenvalue weighted by Gasteiger charge is 2.29. The van der Waals surface area contributed by atoms with Gasteiger partial charge >= 0.3 is 0 Å². The number of amides is 1. The van der Waals surface area contributed by atoms with E-state index in [1.54, 1.807) is 0 Å². The van der Waals surface area contributed by atoms with Crippen molar-refractivity contribution in [1.29, 1.82) is 0 Å². The zero-order chi connectivity index (χ0) is 12.3. The van der Waals surface area contributed by atoms with Crippen LogP contribution in [-0.4, -0.2) is 10.5 Å². The number of aromatic nitrogens is 1. The van der Waals surface area contributed by atoms with Crippen molar-refractivity contribution in [3.8, 4) is 0 Å². The van der Waals surface area contributed by atoms with Crippen LogP contribution in [0, 0.1) is 5.92 Å². The standard InChI is InChI=1S/C13H21N3O/c14-12(17)3-1-2-7-16-8-6-11(9-16)13(15)10-4-5-10/h6,8-10,13H,1-5,7,15H2,(H2,14,17). The van der Waals surface area contributed by atoms with Gasteiger partial charge in [-0.2, -0.15) is 0 Å². The lowest BCUT2D eigenvalue weighted by atomic mass is 10.1. The van der Waals surface area contributed by atoms with Crippen LogP contribution in [0.2, 0.25) is 0 Å². The number of carbonyl (C=O) groups is 1. The van der Waals surface area contributed by atoms with E-state index in [1.807, 2.05) is 0 Å². The molecule has 2 rings (SSSR count). The van der Waals surface area contributed by atoms with Gasteiger partial charge in [0.05, 0.1) is 0 Å². The van der Waals surface area contributed by atoms with Gasteiger partial charge in [-0.15, -0.1) is 0 Å². The Hall–Kier alpha value is -1.29. The summed E-state index contributed by atoms with van der Waals surface area (Å²) in [5, 5.41) is 0. The van der Waals surface area contributed by atoms with Crippen molar-refractivity contribution in [3.05, 3.63) is 24.0 Å². The number of hydrogen-bond acceptors (Lipinski definition) is 2. The number of nitrogens with two attached hydrogens (primary N) is 2. The number of hydrogen-bond donors (Lipinski definition) is 2. The van der Waals surface area contributed by atoms with Gasteiger partial charge in [-0.05, 0) is 43.2 Å². The fourth-order valence-electron chi connectivity index (χ4n) is 2.12. The smallest absolute Gasteiger partial charge is 0.217 e. The molecule has 0 radical (unpaired) electrons. The van der Waals surface area contributed by atoms with Gasteiger partial charge in [0.25, 0.3) is 0 Å². The highest BCUT2D eigenvalue weighted by Crippen LogP contribution is 2.39. The van der Waals surface area contributed by atoms with Crippen LogP contribution in [0.3, 0.4) is 0 Å². The summed E-state index contributed by atoms with van der Waals surface area (Å²) in [6.07, 6.45) is 9.06. The van der Waals surface area contributed by atoms with Gasteiger partial charge < -0.3 is 16.0 Å². The number of rotatable bonds is 7. The van der Waals surface area contributed by atoms with Crippen molar-refractivity contribution in [2.75, 3.05) is 0 Å². The Balaban J connectivity index is 1.75. The van der Waals surface area contributed by atoms with E-state index in [9.17, 15) is 4.79 Å². The van der Waals surface area contributed by atoms with Crippen molar-refractivity contribution in [2.45, 2.75) is 44.7 Å². The largest absolute Gasteiger partial charge is 0.370 e. The summed E-state index contributed by atoms with van der Waals surface area (Å²) in [5.41, 5.74) is 12.5. The van der Waals surface area contributed by atoms with Crippen molar-refractivity contribution in [1.82, 2.24) is 4.57 Å². The number of nitrogens with zero attached hydrogens (tertiary/aromatic N) is 1. The molecule has 0 spiro atoms. The second kappa shape index (κ2) is 5.36. The lowest BCUT2D eigenvalue weighted by molar-refractivity contribution is -0.118. The van der Waals surface area contributed by atoms with E-state index in [0.717, 1.165) is 19.4 Å². The minimum atomic E-state index is -0.214. The molecule has 1 saturated carbocycles. The first kappa shape index (κ1) is 12.2. The van der Waals surface area contributed by atoms with Crippen molar-refractivity contribution in [2.24, 2.45) is 17.4 Å². The Bertz CT molecular complexity index is 382. The molecule has 0 aromatic carbocycles. The van der Waals surface area contributed by atoms with E-state index in [-0.39, 0.29) is 11.9 Å². The highest BCUT2D eigenvalue weighted by molar-refractivity contribution is 5.73. The van der Waals surface area contributed by atoms with Crippen LogP contribution in [0.15, 0.2) is 18.5 Å². The molecule has 17 heavy (non-hydrogen) atoms. The summed E-state index contributed by atoms with van der Waals surface area (Å²) in [6, 6.07) is 2.32. The molecule has 1 aliphatic rings. The molecule has 0 bridgehead atoms. The molecule has 1 fully saturated rings. The fraction of sp³-hybridized carbons (Fsp3) is 0.615. The molecule has 4 nitrogen and oxygen atoms in total. The van der Waals surface area contributed by atoms with Crippen molar-refractivity contribution >= 4 is 5.91 Å². The minimum Gasteiger partial charge on any atom is -0.370 e. The summed E-state index contributed by atoms with van der Waals surface area (Å²) < 4.78 is 2.15. The number of unbranched alkanes of at least 4 members (excludes halogenated alkanes) is 1. The molecular weight excluding hydrogens is 214 g/mol. The predicted molar refractivity (Wildman–Crippen MR) is 67.1 cm³/mol. The number of carbonyl (C=O) groups excluding carboxylic acids is 1. The third-order valence-electron chi connectivity index (χ3n) is 3.38.